The van der Waals surface area contributed by atoms with Crippen LogP contribution in [0.2, 0.25) is 0 Å². The van der Waals surface area contributed by atoms with Crippen LogP contribution in [0.15, 0.2) is 60.0 Å². The van der Waals surface area contributed by atoms with Crippen LogP contribution < -0.4 is 15.2 Å². The number of nitrogens with one attached hydrogen (secondary N) is 2. The van der Waals surface area contributed by atoms with Gasteiger partial charge in [-0.05, 0) is 25.8 Å². The highest BCUT2D eigenvalue weighted by atomic mass is 32.1. The zero-order chi connectivity index (χ0) is 30.4. The zero-order valence-corrected chi connectivity index (χ0v) is 24.2. The Bertz CT molecular complexity index is 1500. The van der Waals surface area contributed by atoms with Crippen molar-refractivity contribution in [1.82, 2.24) is 15.2 Å². The second-order valence-electron chi connectivity index (χ2n) is 9.34. The molecule has 2 aromatic rings. The number of esters is 1. The van der Waals surface area contributed by atoms with E-state index in [9.17, 15) is 19.2 Å². The summed E-state index contributed by atoms with van der Waals surface area (Å²) in [5.41, 5.74) is 2.77. The van der Waals surface area contributed by atoms with Gasteiger partial charge in [0.2, 0.25) is 5.70 Å². The Hall–Kier alpha value is -4.85. The van der Waals surface area contributed by atoms with Gasteiger partial charge in [-0.3, -0.25) is 19.8 Å². The molecule has 42 heavy (non-hydrogen) atoms. The molecule has 2 atom stereocenters. The molecule has 2 N–H and O–H groups in total. The topological polar surface area (TPSA) is 152 Å². The van der Waals surface area contributed by atoms with Crippen LogP contribution in [0, 0.1) is 13.8 Å². The molecule has 0 aromatic carbocycles. The summed E-state index contributed by atoms with van der Waals surface area (Å²) in [6.07, 6.45) is 6.81. The average Bonchev–Trinajstić information content (AvgIpc) is 3.44. The Labute approximate surface area is 246 Å². The van der Waals surface area contributed by atoms with E-state index in [1.165, 1.54) is 29.5 Å². The van der Waals surface area contributed by atoms with E-state index in [-0.39, 0.29) is 35.4 Å². The maximum absolute atomic E-state index is 13.4. The monoisotopic (exact) mass is 595 g/mol. The van der Waals surface area contributed by atoms with Gasteiger partial charge in [-0.25, -0.2) is 14.6 Å². The molecular weight excluding hydrogens is 564 g/mol. The number of fused-ring (bicyclic) bond motifs is 1. The number of aryl methyl sites for hydroxylation is 2. The molecule has 0 aliphatic carbocycles. The molecule has 220 valence electrons. The Balaban J connectivity index is 1.55. The van der Waals surface area contributed by atoms with Crippen LogP contribution in [0.5, 0.6) is 0 Å². The highest BCUT2D eigenvalue weighted by Gasteiger charge is 2.56. The second kappa shape index (κ2) is 13.2. The molecule has 2 aromatic heterocycles. The van der Waals surface area contributed by atoms with E-state index in [1.807, 2.05) is 36.9 Å². The van der Waals surface area contributed by atoms with Gasteiger partial charge in [-0.1, -0.05) is 30.5 Å². The van der Waals surface area contributed by atoms with Crippen LogP contribution in [0.4, 0.5) is 9.93 Å². The van der Waals surface area contributed by atoms with Gasteiger partial charge in [0, 0.05) is 23.4 Å². The summed E-state index contributed by atoms with van der Waals surface area (Å²) in [6, 6.07) is 0.528. The van der Waals surface area contributed by atoms with Crippen molar-refractivity contribution in [3.8, 4) is 0 Å². The third kappa shape index (κ3) is 6.22. The summed E-state index contributed by atoms with van der Waals surface area (Å²) < 4.78 is 12.0. The molecule has 4 heterocycles. The van der Waals surface area contributed by atoms with Crippen LogP contribution in [0.3, 0.4) is 0 Å². The number of anilines is 1. The number of aromatic nitrogens is 2. The van der Waals surface area contributed by atoms with Crippen LogP contribution in [0.25, 0.3) is 5.70 Å². The number of carbonyl (C=O) groups is 4. The quantitative estimate of drug-likeness (QED) is 0.100. The fourth-order valence-corrected chi connectivity index (χ4v) is 5.22. The summed E-state index contributed by atoms with van der Waals surface area (Å²) in [5, 5.41) is 10.6. The fraction of sp³-hybridized carbons (Fsp3) is 0.321. The number of hydrogen-bond acceptors (Lipinski definition) is 10. The van der Waals surface area contributed by atoms with Gasteiger partial charge in [0.25, 0.3) is 11.8 Å². The summed E-state index contributed by atoms with van der Waals surface area (Å²) in [5.74, 6) is -1.84. The lowest BCUT2D eigenvalue weighted by atomic mass is 9.85. The molecule has 0 spiro atoms. The minimum absolute atomic E-state index is 0.0180. The van der Waals surface area contributed by atoms with Gasteiger partial charge >= 0.3 is 12.1 Å². The third-order valence-corrected chi connectivity index (χ3v) is 7.42. The zero-order valence-electron chi connectivity index (χ0n) is 23.4. The largest absolute Gasteiger partial charge is 0.457 e. The van der Waals surface area contributed by atoms with Crippen molar-refractivity contribution in [3.05, 3.63) is 71.7 Å². The predicted octanol–water partition coefficient (Wildman–Crippen LogP) is 2.22. The molecule has 0 radical (unpaired) electrons. The molecule has 2 aliphatic rings. The Morgan fingerprint density at radius 1 is 1.21 bits per heavy atom. The molecule has 1 unspecified atom stereocenters. The van der Waals surface area contributed by atoms with Crippen molar-refractivity contribution >= 4 is 51.8 Å². The number of hydrogen-bond donors (Lipinski definition) is 2. The van der Waals surface area contributed by atoms with E-state index < -0.39 is 36.0 Å². The summed E-state index contributed by atoms with van der Waals surface area (Å²) in [6.45, 7) is 11.0. The molecule has 1 saturated heterocycles. The lowest BCUT2D eigenvalue weighted by Crippen LogP contribution is -2.72. The second-order valence-corrected chi connectivity index (χ2v) is 10.2. The van der Waals surface area contributed by atoms with Crippen molar-refractivity contribution < 1.29 is 38.1 Å². The normalized spacial score (nSPS) is 17.9. The third-order valence-electron chi connectivity index (χ3n) is 6.66. The molecule has 0 bridgehead atoms. The number of oxime groups is 1. The first-order valence-corrected chi connectivity index (χ1v) is 13.8. The highest BCUT2D eigenvalue weighted by Crippen LogP contribution is 2.37. The van der Waals surface area contributed by atoms with Crippen molar-refractivity contribution in [1.29, 1.82) is 0 Å². The molecule has 4 rings (SSSR count). The van der Waals surface area contributed by atoms with E-state index >= 15 is 0 Å². The first-order valence-electron chi connectivity index (χ1n) is 13.0. The Morgan fingerprint density at radius 2 is 1.95 bits per heavy atom. The van der Waals surface area contributed by atoms with Gasteiger partial charge in [0.05, 0.1) is 6.04 Å². The lowest BCUT2D eigenvalue weighted by molar-refractivity contribution is -0.585. The number of β-lactam (4-membered cyclic amide) rings is 1. The van der Waals surface area contributed by atoms with Gasteiger partial charge in [0.1, 0.15) is 32.1 Å². The first kappa shape index (κ1) is 30.1. The molecular formula is C28H31N6O7S+. The molecule has 0 saturated carbocycles. The van der Waals surface area contributed by atoms with Crippen LogP contribution in [0.1, 0.15) is 29.7 Å². The van der Waals surface area contributed by atoms with Crippen molar-refractivity contribution in [3.63, 3.8) is 0 Å². The maximum Gasteiger partial charge on any atom is 0.413 e. The van der Waals surface area contributed by atoms with Gasteiger partial charge < -0.3 is 19.6 Å². The average molecular weight is 596 g/mol. The Morgan fingerprint density at radius 3 is 2.64 bits per heavy atom. The molecule has 3 amide bonds. The van der Waals surface area contributed by atoms with Crippen LogP contribution in [-0.4, -0.2) is 71.9 Å². The molecule has 2 aliphatic heterocycles. The number of amides is 3. The van der Waals surface area contributed by atoms with E-state index in [0.717, 1.165) is 22.5 Å². The highest BCUT2D eigenvalue weighted by molar-refractivity contribution is 7.14. The van der Waals surface area contributed by atoms with E-state index in [0.29, 0.717) is 18.5 Å². The maximum atomic E-state index is 13.4. The summed E-state index contributed by atoms with van der Waals surface area (Å²) in [4.78, 5) is 62.1. The van der Waals surface area contributed by atoms with Crippen molar-refractivity contribution in [2.75, 3.05) is 25.6 Å². The first-order chi connectivity index (χ1) is 20.2. The Kier molecular flexibility index (Phi) is 9.47. The van der Waals surface area contributed by atoms with Crippen LogP contribution in [-0.2, 0) is 28.7 Å². The summed E-state index contributed by atoms with van der Waals surface area (Å²) in [7, 11) is 1.26. The summed E-state index contributed by atoms with van der Waals surface area (Å²) >= 11 is 1.04. The lowest BCUT2D eigenvalue weighted by Gasteiger charge is -2.49. The number of allylic oxidation sites excluding steroid dienone is 1. The standard InChI is InChI=1S/C28H30N6O7S/c1-6-12-40-26(37)23-20(33-11-10-16(3)17(4)14-33)9-8-19-22(25(36)34(19)23)30-24(35)21(32-39-5)18-15-42-27(29-18)31-28(38)41-13-7-2/h6-7,10-11,14-15,19,22H,1-2,8-9,12-13H2,3-5H3,(H-,29,30,31,35,38)/p+1/t19?,22-/m1/s1. The number of carbonyl (C=O) groups excluding carboxylic acids is 4. The molecule has 14 heteroatoms. The number of pyridine rings is 1. The fourth-order valence-electron chi connectivity index (χ4n) is 4.54. The number of ether oxygens (including phenoxy) is 2. The van der Waals surface area contributed by atoms with E-state index in [1.54, 1.807) is 0 Å². The van der Waals surface area contributed by atoms with Crippen molar-refractivity contribution in [2.45, 2.75) is 38.8 Å². The number of nitrogens with zero attached hydrogens (tertiary/aromatic N) is 4. The number of thiazole rings is 1. The minimum Gasteiger partial charge on any atom is -0.457 e. The SMILES string of the molecule is C=CCOC(=O)Nc1nc(C(=NOC)C(=O)N[C@H]2C(=O)N3C(C(=O)OCC=C)=C([n+]4ccc(C)c(C)c4)CCC23)cs1. The van der Waals surface area contributed by atoms with Gasteiger partial charge in [0.15, 0.2) is 28.9 Å². The molecule has 1 fully saturated rings. The minimum atomic E-state index is -0.918. The van der Waals surface area contributed by atoms with E-state index in [4.69, 9.17) is 14.3 Å². The molecule has 13 nitrogen and oxygen atoms in total. The predicted molar refractivity (Wildman–Crippen MR) is 153 cm³/mol. The smallest absolute Gasteiger partial charge is 0.413 e. The van der Waals surface area contributed by atoms with Gasteiger partial charge in [-0.15, -0.1) is 11.3 Å². The van der Waals surface area contributed by atoms with E-state index in [2.05, 4.69) is 33.9 Å². The van der Waals surface area contributed by atoms with Gasteiger partial charge in [-0.2, -0.15) is 4.57 Å². The number of rotatable bonds is 11. The van der Waals surface area contributed by atoms with Crippen LogP contribution >= 0.6 is 11.3 Å². The van der Waals surface area contributed by atoms with Crippen molar-refractivity contribution in [2.24, 2.45) is 5.16 Å².